The molecule has 1 aliphatic rings. The van der Waals surface area contributed by atoms with Crippen molar-refractivity contribution in [3.8, 4) is 0 Å². The summed E-state index contributed by atoms with van der Waals surface area (Å²) in [7, 11) is 3.94. The van der Waals surface area contributed by atoms with Crippen LogP contribution in [0.25, 0.3) is 6.08 Å². The van der Waals surface area contributed by atoms with Gasteiger partial charge in [-0.1, -0.05) is 30.0 Å². The van der Waals surface area contributed by atoms with E-state index in [0.29, 0.717) is 14.1 Å². The summed E-state index contributed by atoms with van der Waals surface area (Å²) in [4.78, 5) is 27.7. The summed E-state index contributed by atoms with van der Waals surface area (Å²) in [5.74, 6) is -0.667. The third kappa shape index (κ3) is 3.92. The van der Waals surface area contributed by atoms with E-state index in [-0.39, 0.29) is 11.8 Å². The number of thiophene rings is 1. The number of thiocarbonyl (C=S) groups is 1. The minimum Gasteiger partial charge on any atom is -0.378 e. The molecule has 0 bridgehead atoms. The lowest BCUT2D eigenvalue weighted by Gasteiger charge is -2.14. The van der Waals surface area contributed by atoms with Gasteiger partial charge in [-0.25, -0.2) is 0 Å². The molecule has 1 N–H and O–H groups in total. The highest BCUT2D eigenvalue weighted by atomic mass is 32.2. The number of thioether (sulfide) groups is 1. The maximum atomic E-state index is 12.5. The van der Waals surface area contributed by atoms with Crippen LogP contribution in [0.2, 0.25) is 0 Å². The first-order valence-corrected chi connectivity index (χ1v) is 9.46. The molecule has 0 aliphatic carbocycles. The number of carbonyl (C=O) groups excluding carboxylic acids is 2. The van der Waals surface area contributed by atoms with Gasteiger partial charge in [0.2, 0.25) is 0 Å². The predicted molar refractivity (Wildman–Crippen MR) is 108 cm³/mol. The summed E-state index contributed by atoms with van der Waals surface area (Å²) >= 11 is 7.70. The number of amides is 2. The molecule has 2 amide bonds. The van der Waals surface area contributed by atoms with Crippen molar-refractivity contribution in [3.63, 3.8) is 0 Å². The minimum absolute atomic E-state index is 0.311. The van der Waals surface area contributed by atoms with Gasteiger partial charge in [0.05, 0.1) is 9.78 Å². The average molecular weight is 390 g/mol. The lowest BCUT2D eigenvalue weighted by Crippen LogP contribution is -2.44. The smallest absolute Gasteiger partial charge is 0.285 e. The number of nitrogens with zero attached hydrogens (tertiary/aromatic N) is 2. The summed E-state index contributed by atoms with van der Waals surface area (Å²) in [6.45, 7) is 0. The van der Waals surface area contributed by atoms with Gasteiger partial charge in [-0.15, -0.1) is 11.3 Å². The first-order valence-electron chi connectivity index (χ1n) is 7.35. The Labute approximate surface area is 159 Å². The Bertz CT molecular complexity index is 843. The second-order valence-electron chi connectivity index (χ2n) is 5.42. The number of anilines is 1. The van der Waals surface area contributed by atoms with Crippen LogP contribution < -0.4 is 10.3 Å². The molecular weight excluding hydrogens is 374 g/mol. The zero-order valence-corrected chi connectivity index (χ0v) is 16.0. The maximum absolute atomic E-state index is 12.5. The molecule has 8 heteroatoms. The molecule has 0 saturated carbocycles. The van der Waals surface area contributed by atoms with Gasteiger partial charge in [0, 0.05) is 19.8 Å². The number of benzene rings is 1. The molecule has 1 fully saturated rings. The normalized spacial score (nSPS) is 15.8. The Morgan fingerprint density at radius 1 is 1.24 bits per heavy atom. The fourth-order valence-electron chi connectivity index (χ4n) is 2.15. The SMILES string of the molecule is CN(C)c1ccc(/C=C2/SC(=S)N(NC(=O)c3cccs3)C2=O)cc1. The Balaban J connectivity index is 1.75. The van der Waals surface area contributed by atoms with Crippen molar-refractivity contribution in [2.24, 2.45) is 0 Å². The highest BCUT2D eigenvalue weighted by Crippen LogP contribution is 2.31. The van der Waals surface area contributed by atoms with Gasteiger partial charge in [0.25, 0.3) is 11.8 Å². The molecule has 3 rings (SSSR count). The fraction of sp³-hybridized carbons (Fsp3) is 0.118. The summed E-state index contributed by atoms with van der Waals surface area (Å²) in [5.41, 5.74) is 4.54. The summed E-state index contributed by atoms with van der Waals surface area (Å²) in [5, 5.41) is 2.93. The third-order valence-electron chi connectivity index (χ3n) is 3.46. The lowest BCUT2D eigenvalue weighted by atomic mass is 10.2. The number of hydrogen-bond donors (Lipinski definition) is 1. The molecule has 1 aliphatic heterocycles. The van der Waals surface area contributed by atoms with E-state index < -0.39 is 0 Å². The summed E-state index contributed by atoms with van der Waals surface area (Å²) < 4.78 is 0.311. The first kappa shape index (κ1) is 17.7. The molecule has 0 spiro atoms. The van der Waals surface area contributed by atoms with E-state index in [1.165, 1.54) is 23.1 Å². The molecule has 1 aromatic heterocycles. The van der Waals surface area contributed by atoms with E-state index in [1.54, 1.807) is 23.6 Å². The molecule has 2 aromatic rings. The zero-order valence-electron chi connectivity index (χ0n) is 13.6. The van der Waals surface area contributed by atoms with E-state index in [1.807, 2.05) is 43.3 Å². The maximum Gasteiger partial charge on any atom is 0.285 e. The third-order valence-corrected chi connectivity index (χ3v) is 5.63. The van der Waals surface area contributed by atoms with E-state index in [4.69, 9.17) is 12.2 Å². The van der Waals surface area contributed by atoms with Crippen LogP contribution in [0.5, 0.6) is 0 Å². The first-order chi connectivity index (χ1) is 12.0. The molecule has 0 unspecified atom stereocenters. The summed E-state index contributed by atoms with van der Waals surface area (Å²) in [6.07, 6.45) is 1.77. The second kappa shape index (κ2) is 7.38. The van der Waals surface area contributed by atoms with Crippen LogP contribution >= 0.6 is 35.3 Å². The Morgan fingerprint density at radius 2 is 1.96 bits per heavy atom. The highest BCUT2D eigenvalue weighted by molar-refractivity contribution is 8.26. The largest absolute Gasteiger partial charge is 0.378 e. The van der Waals surface area contributed by atoms with Gasteiger partial charge in [-0.05, 0) is 47.4 Å². The van der Waals surface area contributed by atoms with E-state index >= 15 is 0 Å². The van der Waals surface area contributed by atoms with Crippen LogP contribution in [0, 0.1) is 0 Å². The minimum atomic E-state index is -0.345. The fourth-order valence-corrected chi connectivity index (χ4v) is 3.94. The van der Waals surface area contributed by atoms with Gasteiger partial charge in [0.15, 0.2) is 4.32 Å². The topological polar surface area (TPSA) is 52.6 Å². The monoisotopic (exact) mass is 389 g/mol. The van der Waals surface area contributed by atoms with Crippen molar-refractivity contribution in [2.75, 3.05) is 19.0 Å². The van der Waals surface area contributed by atoms with Crippen LogP contribution in [-0.4, -0.2) is 35.2 Å². The van der Waals surface area contributed by atoms with Crippen LogP contribution in [0.4, 0.5) is 5.69 Å². The van der Waals surface area contributed by atoms with Crippen molar-refractivity contribution in [3.05, 3.63) is 57.1 Å². The number of rotatable bonds is 4. The number of hydrogen-bond acceptors (Lipinski definition) is 6. The molecule has 128 valence electrons. The Hall–Kier alpha value is -2.16. The van der Waals surface area contributed by atoms with Gasteiger partial charge in [-0.3, -0.25) is 15.0 Å². The van der Waals surface area contributed by atoms with Gasteiger partial charge >= 0.3 is 0 Å². The zero-order chi connectivity index (χ0) is 18.0. The summed E-state index contributed by atoms with van der Waals surface area (Å²) in [6, 6.07) is 11.3. The van der Waals surface area contributed by atoms with Gasteiger partial charge in [-0.2, -0.15) is 5.01 Å². The quantitative estimate of drug-likeness (QED) is 0.642. The standard InChI is InChI=1S/C17H15N3O2S3/c1-19(2)12-7-5-11(6-8-12)10-14-16(22)20(17(23)25-14)18-15(21)13-4-3-9-24-13/h3-10H,1-2H3,(H,18,21)/b14-10+. The van der Waals surface area contributed by atoms with Crippen molar-refractivity contribution >= 4 is 63.2 Å². The Morgan fingerprint density at radius 3 is 2.56 bits per heavy atom. The van der Waals surface area contributed by atoms with Crippen molar-refractivity contribution in [1.82, 2.24) is 10.4 Å². The number of carbonyl (C=O) groups is 2. The second-order valence-corrected chi connectivity index (χ2v) is 8.04. The van der Waals surface area contributed by atoms with Crippen molar-refractivity contribution < 1.29 is 9.59 Å². The van der Waals surface area contributed by atoms with Crippen LogP contribution in [0.15, 0.2) is 46.7 Å². The molecule has 1 saturated heterocycles. The van der Waals surface area contributed by atoms with Crippen LogP contribution in [0.3, 0.4) is 0 Å². The Kier molecular flexibility index (Phi) is 5.22. The predicted octanol–water partition coefficient (Wildman–Crippen LogP) is 3.36. The molecule has 0 atom stereocenters. The lowest BCUT2D eigenvalue weighted by molar-refractivity contribution is -0.123. The van der Waals surface area contributed by atoms with Crippen molar-refractivity contribution in [2.45, 2.75) is 0 Å². The molecule has 5 nitrogen and oxygen atoms in total. The van der Waals surface area contributed by atoms with E-state index in [2.05, 4.69) is 5.43 Å². The van der Waals surface area contributed by atoms with E-state index in [0.717, 1.165) is 16.3 Å². The van der Waals surface area contributed by atoms with Gasteiger partial charge in [0.1, 0.15) is 0 Å². The van der Waals surface area contributed by atoms with Gasteiger partial charge < -0.3 is 4.90 Å². The van der Waals surface area contributed by atoms with Crippen molar-refractivity contribution in [1.29, 1.82) is 0 Å². The van der Waals surface area contributed by atoms with Crippen LogP contribution in [-0.2, 0) is 4.79 Å². The molecule has 2 heterocycles. The van der Waals surface area contributed by atoms with E-state index in [9.17, 15) is 9.59 Å². The molecule has 0 radical (unpaired) electrons. The molecule has 25 heavy (non-hydrogen) atoms. The highest BCUT2D eigenvalue weighted by Gasteiger charge is 2.33. The molecule has 1 aromatic carbocycles. The average Bonchev–Trinajstić information content (AvgIpc) is 3.20. The van der Waals surface area contributed by atoms with Crippen LogP contribution in [0.1, 0.15) is 15.2 Å². The molecular formula is C17H15N3O2S3. The number of hydrazine groups is 1. The number of nitrogens with one attached hydrogen (secondary N) is 1.